The second-order valence-corrected chi connectivity index (χ2v) is 5.48. The maximum atomic E-state index is 12.1. The van der Waals surface area contributed by atoms with Crippen LogP contribution >= 0.6 is 0 Å². The highest BCUT2D eigenvalue weighted by atomic mass is 16.2. The Labute approximate surface area is 135 Å². The third kappa shape index (κ3) is 3.97. The number of carbonyl (C=O) groups is 2. The molecule has 0 radical (unpaired) electrons. The minimum Gasteiger partial charge on any atom is -0.355 e. The molecule has 6 nitrogen and oxygen atoms in total. The Balaban J connectivity index is 1.99. The van der Waals surface area contributed by atoms with Crippen molar-refractivity contribution in [2.75, 3.05) is 12.4 Å². The van der Waals surface area contributed by atoms with Crippen molar-refractivity contribution in [2.24, 2.45) is 7.05 Å². The molecule has 0 bridgehead atoms. The zero-order valence-electron chi connectivity index (χ0n) is 13.9. The summed E-state index contributed by atoms with van der Waals surface area (Å²) < 4.78 is 1.83. The SMILES string of the molecule is CNC(=O)c1cccc(NC(=O)CCc2c(C)nn(C)c2C)c1. The van der Waals surface area contributed by atoms with Gasteiger partial charge in [0.05, 0.1) is 5.69 Å². The standard InChI is InChI=1S/C17H22N4O2/c1-11-15(12(2)21(4)20-11)8-9-16(22)19-14-7-5-6-13(10-14)17(23)18-3/h5-7,10H,8-9H2,1-4H3,(H,18,23)(H,19,22). The lowest BCUT2D eigenvalue weighted by Crippen LogP contribution is -2.18. The Bertz CT molecular complexity index is 734. The van der Waals surface area contributed by atoms with Crippen molar-refractivity contribution in [3.05, 3.63) is 46.8 Å². The van der Waals surface area contributed by atoms with Gasteiger partial charge in [0.15, 0.2) is 0 Å². The van der Waals surface area contributed by atoms with Crippen molar-refractivity contribution in [3.8, 4) is 0 Å². The Morgan fingerprint density at radius 1 is 1.26 bits per heavy atom. The van der Waals surface area contributed by atoms with Crippen LogP contribution < -0.4 is 10.6 Å². The molecule has 23 heavy (non-hydrogen) atoms. The fourth-order valence-corrected chi connectivity index (χ4v) is 2.52. The average molecular weight is 314 g/mol. The van der Waals surface area contributed by atoms with Crippen LogP contribution in [-0.2, 0) is 18.3 Å². The quantitative estimate of drug-likeness (QED) is 0.886. The Hall–Kier alpha value is -2.63. The molecule has 2 N–H and O–H groups in total. The van der Waals surface area contributed by atoms with Gasteiger partial charge in [-0.15, -0.1) is 0 Å². The van der Waals surface area contributed by atoms with Crippen LogP contribution in [0.4, 0.5) is 5.69 Å². The van der Waals surface area contributed by atoms with Crippen LogP contribution in [0.5, 0.6) is 0 Å². The third-order valence-electron chi connectivity index (χ3n) is 3.90. The predicted molar refractivity (Wildman–Crippen MR) is 89.5 cm³/mol. The molecule has 1 heterocycles. The summed E-state index contributed by atoms with van der Waals surface area (Å²) in [5.41, 5.74) is 4.29. The summed E-state index contributed by atoms with van der Waals surface area (Å²) >= 11 is 0. The van der Waals surface area contributed by atoms with Gasteiger partial charge in [-0.25, -0.2) is 0 Å². The number of rotatable bonds is 5. The zero-order chi connectivity index (χ0) is 17.0. The molecule has 2 aromatic rings. The molecule has 6 heteroatoms. The first-order chi connectivity index (χ1) is 10.9. The molecule has 0 saturated carbocycles. The van der Waals surface area contributed by atoms with Gasteiger partial charge in [0.1, 0.15) is 0 Å². The van der Waals surface area contributed by atoms with E-state index in [1.807, 2.05) is 25.6 Å². The summed E-state index contributed by atoms with van der Waals surface area (Å²) in [6, 6.07) is 6.88. The van der Waals surface area contributed by atoms with Crippen LogP contribution in [0.15, 0.2) is 24.3 Å². The van der Waals surface area contributed by atoms with E-state index in [4.69, 9.17) is 0 Å². The molecule has 0 aliphatic rings. The summed E-state index contributed by atoms with van der Waals surface area (Å²) in [4.78, 5) is 23.7. The van der Waals surface area contributed by atoms with Crippen molar-refractivity contribution in [1.82, 2.24) is 15.1 Å². The number of nitrogens with one attached hydrogen (secondary N) is 2. The van der Waals surface area contributed by atoms with E-state index in [0.717, 1.165) is 17.0 Å². The second-order valence-electron chi connectivity index (χ2n) is 5.48. The number of aryl methyl sites for hydroxylation is 2. The molecule has 0 saturated heterocycles. The Morgan fingerprint density at radius 2 is 2.00 bits per heavy atom. The molecule has 0 atom stereocenters. The lowest BCUT2D eigenvalue weighted by atomic mass is 10.1. The van der Waals surface area contributed by atoms with Crippen molar-refractivity contribution in [1.29, 1.82) is 0 Å². The van der Waals surface area contributed by atoms with Gasteiger partial charge < -0.3 is 10.6 Å². The summed E-state index contributed by atoms with van der Waals surface area (Å²) in [5, 5.41) is 9.75. The van der Waals surface area contributed by atoms with Gasteiger partial charge in [-0.2, -0.15) is 5.10 Å². The normalized spacial score (nSPS) is 10.4. The van der Waals surface area contributed by atoms with Crippen LogP contribution in [0, 0.1) is 13.8 Å². The number of carbonyl (C=O) groups excluding carboxylic acids is 2. The van der Waals surface area contributed by atoms with Gasteiger partial charge in [0, 0.05) is 37.5 Å². The molecule has 122 valence electrons. The summed E-state index contributed by atoms with van der Waals surface area (Å²) in [6.45, 7) is 3.95. The van der Waals surface area contributed by atoms with E-state index in [2.05, 4.69) is 15.7 Å². The van der Waals surface area contributed by atoms with Gasteiger partial charge in [0.2, 0.25) is 5.91 Å². The number of hydrogen-bond donors (Lipinski definition) is 2. The highest BCUT2D eigenvalue weighted by Gasteiger charge is 2.12. The van der Waals surface area contributed by atoms with E-state index < -0.39 is 0 Å². The van der Waals surface area contributed by atoms with E-state index in [0.29, 0.717) is 24.1 Å². The fraction of sp³-hybridized carbons (Fsp3) is 0.353. The number of anilines is 1. The first-order valence-electron chi connectivity index (χ1n) is 7.53. The van der Waals surface area contributed by atoms with Gasteiger partial charge in [-0.05, 0) is 44.0 Å². The number of benzene rings is 1. The van der Waals surface area contributed by atoms with Crippen molar-refractivity contribution < 1.29 is 9.59 Å². The van der Waals surface area contributed by atoms with Crippen molar-refractivity contribution in [2.45, 2.75) is 26.7 Å². The van der Waals surface area contributed by atoms with Crippen molar-refractivity contribution in [3.63, 3.8) is 0 Å². The number of amides is 2. The molecule has 0 fully saturated rings. The zero-order valence-corrected chi connectivity index (χ0v) is 13.9. The van der Waals surface area contributed by atoms with Gasteiger partial charge in [0.25, 0.3) is 5.91 Å². The summed E-state index contributed by atoms with van der Waals surface area (Å²) in [5.74, 6) is -0.260. The monoisotopic (exact) mass is 314 g/mol. The minimum atomic E-state index is -0.178. The number of nitrogens with zero attached hydrogens (tertiary/aromatic N) is 2. The Morgan fingerprint density at radius 3 is 2.61 bits per heavy atom. The highest BCUT2D eigenvalue weighted by molar-refractivity contribution is 5.97. The lowest BCUT2D eigenvalue weighted by Gasteiger charge is -2.07. The van der Waals surface area contributed by atoms with Crippen LogP contribution in [0.3, 0.4) is 0 Å². The highest BCUT2D eigenvalue weighted by Crippen LogP contribution is 2.15. The maximum Gasteiger partial charge on any atom is 0.251 e. The van der Waals surface area contributed by atoms with Crippen LogP contribution in [0.2, 0.25) is 0 Å². The molecule has 1 aromatic carbocycles. The first-order valence-corrected chi connectivity index (χ1v) is 7.53. The van der Waals surface area contributed by atoms with Gasteiger partial charge in [-0.1, -0.05) is 6.07 Å². The van der Waals surface area contributed by atoms with E-state index in [9.17, 15) is 9.59 Å². The van der Waals surface area contributed by atoms with Crippen LogP contribution in [-0.4, -0.2) is 28.6 Å². The molecule has 0 unspecified atom stereocenters. The van der Waals surface area contributed by atoms with E-state index >= 15 is 0 Å². The first kappa shape index (κ1) is 16.7. The second kappa shape index (κ2) is 7.09. The third-order valence-corrected chi connectivity index (χ3v) is 3.90. The van der Waals surface area contributed by atoms with E-state index in [1.54, 1.807) is 31.3 Å². The average Bonchev–Trinajstić information content (AvgIpc) is 2.77. The molecule has 2 rings (SSSR count). The van der Waals surface area contributed by atoms with Crippen molar-refractivity contribution >= 4 is 17.5 Å². The van der Waals surface area contributed by atoms with E-state index in [-0.39, 0.29) is 11.8 Å². The Kier molecular flexibility index (Phi) is 5.16. The molecule has 0 aliphatic heterocycles. The predicted octanol–water partition coefficient (Wildman–Crippen LogP) is 1.97. The fourth-order valence-electron chi connectivity index (χ4n) is 2.52. The van der Waals surface area contributed by atoms with Crippen LogP contribution in [0.25, 0.3) is 0 Å². The van der Waals surface area contributed by atoms with Gasteiger partial charge >= 0.3 is 0 Å². The molecule has 1 aromatic heterocycles. The summed E-state index contributed by atoms with van der Waals surface area (Å²) in [7, 11) is 3.47. The smallest absolute Gasteiger partial charge is 0.251 e. The number of hydrogen-bond acceptors (Lipinski definition) is 3. The minimum absolute atomic E-state index is 0.0818. The van der Waals surface area contributed by atoms with Crippen LogP contribution in [0.1, 0.15) is 33.7 Å². The number of aromatic nitrogens is 2. The van der Waals surface area contributed by atoms with Gasteiger partial charge in [-0.3, -0.25) is 14.3 Å². The molecular weight excluding hydrogens is 292 g/mol. The van der Waals surface area contributed by atoms with E-state index in [1.165, 1.54) is 0 Å². The topological polar surface area (TPSA) is 76.0 Å². The molecular formula is C17H22N4O2. The largest absolute Gasteiger partial charge is 0.355 e. The summed E-state index contributed by atoms with van der Waals surface area (Å²) in [6.07, 6.45) is 1.02. The molecule has 0 aliphatic carbocycles. The molecule has 2 amide bonds. The lowest BCUT2D eigenvalue weighted by molar-refractivity contribution is -0.116. The molecule has 0 spiro atoms. The maximum absolute atomic E-state index is 12.1.